The molecule has 2 heterocycles. The Balaban J connectivity index is 0.00000280. The largest absolute Gasteiger partial charge is 0.357 e. The van der Waals surface area contributed by atoms with Gasteiger partial charge in [0.25, 0.3) is 0 Å². The Bertz CT molecular complexity index is 756. The number of imidazole rings is 1. The number of aryl methyl sites for hydroxylation is 1. The first-order chi connectivity index (χ1) is 13.1. The number of fused-ring (bicyclic) bond motifs is 1. The van der Waals surface area contributed by atoms with Crippen LogP contribution in [-0.2, 0) is 6.54 Å². The third-order valence-corrected chi connectivity index (χ3v) is 5.39. The second kappa shape index (κ2) is 11.0. The van der Waals surface area contributed by atoms with Gasteiger partial charge < -0.3 is 15.2 Å². The molecule has 7 heteroatoms. The minimum atomic E-state index is 0. The molecule has 0 spiro atoms. The van der Waals surface area contributed by atoms with Gasteiger partial charge in [0.1, 0.15) is 0 Å². The van der Waals surface area contributed by atoms with Crippen molar-refractivity contribution in [3.8, 4) is 0 Å². The second-order valence-electron chi connectivity index (χ2n) is 7.82. The molecule has 0 aliphatic carbocycles. The number of benzene rings is 1. The van der Waals surface area contributed by atoms with Crippen molar-refractivity contribution in [1.82, 2.24) is 25.1 Å². The number of para-hydroxylation sites is 2. The highest BCUT2D eigenvalue weighted by Crippen LogP contribution is 2.18. The van der Waals surface area contributed by atoms with Gasteiger partial charge in [-0.3, -0.25) is 9.89 Å². The van der Waals surface area contributed by atoms with Crippen molar-refractivity contribution in [2.75, 3.05) is 26.2 Å². The maximum absolute atomic E-state index is 4.80. The highest BCUT2D eigenvalue weighted by Gasteiger charge is 2.31. The summed E-state index contributed by atoms with van der Waals surface area (Å²) in [5, 5.41) is 7.05. The van der Waals surface area contributed by atoms with Crippen molar-refractivity contribution >= 4 is 41.0 Å². The van der Waals surface area contributed by atoms with Crippen LogP contribution in [0.15, 0.2) is 35.6 Å². The first-order valence-corrected chi connectivity index (χ1v) is 10.3. The summed E-state index contributed by atoms with van der Waals surface area (Å²) < 4.78 is 2.21. The minimum Gasteiger partial charge on any atom is -0.357 e. The van der Waals surface area contributed by atoms with Gasteiger partial charge in [-0.05, 0) is 45.2 Å². The molecule has 1 fully saturated rings. The molecule has 0 saturated carbocycles. The number of likely N-dealkylation sites (tertiary alicyclic amines) is 1. The monoisotopic (exact) mass is 498 g/mol. The van der Waals surface area contributed by atoms with Crippen LogP contribution in [0.4, 0.5) is 0 Å². The Morgan fingerprint density at radius 2 is 2.07 bits per heavy atom. The standard InChI is InChI=1S/C21H34N6.HI/c1-5-22-21(25-19-14-27(16(2)3)13-17(19)4)23-11-8-12-26-15-24-18-9-6-7-10-20(18)26;/h6-7,9-10,15-17,19H,5,8,11-14H2,1-4H3,(H2,22,23,25);1H. The van der Waals surface area contributed by atoms with Gasteiger partial charge in [-0.1, -0.05) is 19.1 Å². The van der Waals surface area contributed by atoms with Crippen LogP contribution in [0.25, 0.3) is 11.0 Å². The lowest BCUT2D eigenvalue weighted by molar-refractivity contribution is 0.265. The van der Waals surface area contributed by atoms with Crippen LogP contribution in [0.3, 0.4) is 0 Å². The van der Waals surface area contributed by atoms with Gasteiger partial charge in [-0.15, -0.1) is 24.0 Å². The molecule has 2 N–H and O–H groups in total. The maximum atomic E-state index is 4.80. The summed E-state index contributed by atoms with van der Waals surface area (Å²) in [5.41, 5.74) is 2.25. The van der Waals surface area contributed by atoms with Crippen molar-refractivity contribution in [3.05, 3.63) is 30.6 Å². The van der Waals surface area contributed by atoms with Gasteiger partial charge in [0, 0.05) is 44.8 Å². The highest BCUT2D eigenvalue weighted by atomic mass is 127. The molecule has 1 saturated heterocycles. The molecule has 1 aromatic heterocycles. The Morgan fingerprint density at radius 3 is 2.79 bits per heavy atom. The fourth-order valence-electron chi connectivity index (χ4n) is 3.73. The number of aromatic nitrogens is 2. The number of aliphatic imine (C=N–C) groups is 1. The molecule has 0 radical (unpaired) electrons. The lowest BCUT2D eigenvalue weighted by atomic mass is 10.1. The van der Waals surface area contributed by atoms with Gasteiger partial charge in [-0.25, -0.2) is 4.98 Å². The molecule has 2 unspecified atom stereocenters. The summed E-state index contributed by atoms with van der Waals surface area (Å²) in [6, 6.07) is 9.34. The molecule has 0 amide bonds. The van der Waals surface area contributed by atoms with Crippen LogP contribution in [0.1, 0.15) is 34.1 Å². The lowest BCUT2D eigenvalue weighted by Crippen LogP contribution is -2.46. The van der Waals surface area contributed by atoms with Crippen molar-refractivity contribution in [2.45, 2.75) is 52.7 Å². The van der Waals surface area contributed by atoms with E-state index in [9.17, 15) is 0 Å². The fourth-order valence-corrected chi connectivity index (χ4v) is 3.73. The summed E-state index contributed by atoms with van der Waals surface area (Å²) in [7, 11) is 0. The summed E-state index contributed by atoms with van der Waals surface area (Å²) in [6.45, 7) is 13.9. The number of hydrogen-bond acceptors (Lipinski definition) is 3. The van der Waals surface area contributed by atoms with Crippen molar-refractivity contribution in [1.29, 1.82) is 0 Å². The summed E-state index contributed by atoms with van der Waals surface area (Å²) in [4.78, 5) is 11.8. The minimum absolute atomic E-state index is 0. The summed E-state index contributed by atoms with van der Waals surface area (Å²) >= 11 is 0. The molecular formula is C21H35IN6. The van der Waals surface area contributed by atoms with Crippen LogP contribution < -0.4 is 10.6 Å². The van der Waals surface area contributed by atoms with Gasteiger partial charge in [-0.2, -0.15) is 0 Å². The number of nitrogens with one attached hydrogen (secondary N) is 2. The number of halogens is 1. The molecule has 0 bridgehead atoms. The smallest absolute Gasteiger partial charge is 0.191 e. The van der Waals surface area contributed by atoms with Crippen molar-refractivity contribution < 1.29 is 0 Å². The SMILES string of the molecule is CCNC(=NCCCn1cnc2ccccc21)NC1CN(C(C)C)CC1C.I. The van der Waals surface area contributed by atoms with E-state index in [1.807, 2.05) is 12.4 Å². The Hall–Kier alpha value is -1.35. The first-order valence-electron chi connectivity index (χ1n) is 10.3. The number of guanidine groups is 1. The van der Waals surface area contributed by atoms with Crippen molar-refractivity contribution in [3.63, 3.8) is 0 Å². The molecule has 2 atom stereocenters. The van der Waals surface area contributed by atoms with E-state index in [4.69, 9.17) is 4.99 Å². The molecule has 156 valence electrons. The van der Waals surface area contributed by atoms with Crippen LogP contribution >= 0.6 is 24.0 Å². The summed E-state index contributed by atoms with van der Waals surface area (Å²) in [6.07, 6.45) is 2.92. The average molecular weight is 498 g/mol. The number of rotatable bonds is 7. The molecule has 28 heavy (non-hydrogen) atoms. The van der Waals surface area contributed by atoms with E-state index in [1.54, 1.807) is 0 Å². The third-order valence-electron chi connectivity index (χ3n) is 5.39. The molecule has 3 rings (SSSR count). The van der Waals surface area contributed by atoms with Crippen LogP contribution in [-0.4, -0.2) is 58.7 Å². The maximum Gasteiger partial charge on any atom is 0.191 e. The van der Waals surface area contributed by atoms with E-state index in [2.05, 4.69) is 71.0 Å². The van der Waals surface area contributed by atoms with E-state index in [0.717, 1.165) is 50.6 Å². The molecule has 1 aromatic carbocycles. The van der Waals surface area contributed by atoms with Crippen molar-refractivity contribution in [2.24, 2.45) is 10.9 Å². The van der Waals surface area contributed by atoms with Gasteiger partial charge >= 0.3 is 0 Å². The predicted octanol–water partition coefficient (Wildman–Crippen LogP) is 3.33. The Morgan fingerprint density at radius 1 is 1.29 bits per heavy atom. The van der Waals surface area contributed by atoms with Gasteiger partial charge in [0.15, 0.2) is 5.96 Å². The Labute approximate surface area is 186 Å². The lowest BCUT2D eigenvalue weighted by Gasteiger charge is -2.22. The van der Waals surface area contributed by atoms with Gasteiger partial charge in [0.2, 0.25) is 0 Å². The highest BCUT2D eigenvalue weighted by molar-refractivity contribution is 14.0. The fraction of sp³-hybridized carbons (Fsp3) is 0.619. The second-order valence-corrected chi connectivity index (χ2v) is 7.82. The first kappa shape index (κ1) is 22.9. The third kappa shape index (κ3) is 5.83. The summed E-state index contributed by atoms with van der Waals surface area (Å²) in [5.74, 6) is 1.57. The zero-order valence-corrected chi connectivity index (χ0v) is 19.9. The number of nitrogens with zero attached hydrogens (tertiary/aromatic N) is 4. The normalized spacial score (nSPS) is 20.5. The molecule has 1 aliphatic heterocycles. The predicted molar refractivity (Wildman–Crippen MR) is 129 cm³/mol. The Kier molecular flexibility index (Phi) is 9.01. The van der Waals surface area contributed by atoms with E-state index in [0.29, 0.717) is 18.0 Å². The molecular weight excluding hydrogens is 463 g/mol. The van der Waals surface area contributed by atoms with Crippen LogP contribution in [0, 0.1) is 5.92 Å². The quantitative estimate of drug-likeness (QED) is 0.266. The van der Waals surface area contributed by atoms with Crippen LogP contribution in [0.2, 0.25) is 0 Å². The zero-order chi connectivity index (χ0) is 19.2. The zero-order valence-electron chi connectivity index (χ0n) is 17.6. The molecule has 1 aliphatic rings. The molecule has 2 aromatic rings. The molecule has 6 nitrogen and oxygen atoms in total. The van der Waals surface area contributed by atoms with E-state index >= 15 is 0 Å². The van der Waals surface area contributed by atoms with E-state index < -0.39 is 0 Å². The van der Waals surface area contributed by atoms with E-state index in [1.165, 1.54) is 5.52 Å². The van der Waals surface area contributed by atoms with Gasteiger partial charge in [0.05, 0.1) is 17.4 Å². The van der Waals surface area contributed by atoms with Crippen LogP contribution in [0.5, 0.6) is 0 Å². The average Bonchev–Trinajstić information content (AvgIpc) is 3.23. The van der Waals surface area contributed by atoms with E-state index in [-0.39, 0.29) is 24.0 Å². The topological polar surface area (TPSA) is 57.5 Å². The number of hydrogen-bond donors (Lipinski definition) is 2.